The van der Waals surface area contributed by atoms with Crippen LogP contribution in [-0.4, -0.2) is 24.1 Å². The second kappa shape index (κ2) is 10.3. The first-order chi connectivity index (χ1) is 14.1. The Bertz CT molecular complexity index is 873. The summed E-state index contributed by atoms with van der Waals surface area (Å²) in [6.45, 7) is 12.3. The Kier molecular flexibility index (Phi) is 8.03. The third-order valence-corrected chi connectivity index (χ3v) is 5.09. The van der Waals surface area contributed by atoms with Crippen LogP contribution in [0.5, 0.6) is 0 Å². The number of hydrogen-bond acceptors (Lipinski definition) is 3. The van der Waals surface area contributed by atoms with Crippen molar-refractivity contribution >= 4 is 22.9 Å². The number of hydrogen-bond donors (Lipinski definition) is 0. The molecule has 2 heterocycles. The molecule has 0 saturated carbocycles. The average Bonchev–Trinajstić information content (AvgIpc) is 3.09. The maximum atomic E-state index is 12.4. The van der Waals surface area contributed by atoms with E-state index in [4.69, 9.17) is 4.84 Å². The lowest BCUT2D eigenvalue weighted by Crippen LogP contribution is -2.30. The van der Waals surface area contributed by atoms with Gasteiger partial charge in [-0.15, -0.1) is 5.06 Å². The molecule has 0 spiro atoms. The van der Waals surface area contributed by atoms with Gasteiger partial charge in [0.1, 0.15) is 0 Å². The summed E-state index contributed by atoms with van der Waals surface area (Å²) in [5.74, 6) is 0.965. The van der Waals surface area contributed by atoms with E-state index in [1.165, 1.54) is 5.57 Å². The van der Waals surface area contributed by atoms with Gasteiger partial charge >= 0.3 is 0 Å². The van der Waals surface area contributed by atoms with E-state index in [-0.39, 0.29) is 11.9 Å². The number of amides is 1. The van der Waals surface area contributed by atoms with Gasteiger partial charge in [0, 0.05) is 30.7 Å². The molecule has 4 rings (SSSR count). The highest BCUT2D eigenvalue weighted by molar-refractivity contribution is 6.01. The summed E-state index contributed by atoms with van der Waals surface area (Å²) in [5, 5.41) is 1.93. The first-order valence-corrected chi connectivity index (χ1v) is 10.7. The van der Waals surface area contributed by atoms with E-state index in [1.54, 1.807) is 6.92 Å². The summed E-state index contributed by atoms with van der Waals surface area (Å²) >= 11 is 0. The van der Waals surface area contributed by atoms with Crippen LogP contribution in [-0.2, 0) is 16.2 Å². The van der Waals surface area contributed by atoms with Crippen molar-refractivity contribution < 1.29 is 9.63 Å². The number of carbonyl (C=O) groups excluding carboxylic acids is 1. The fourth-order valence-electron chi connectivity index (χ4n) is 3.90. The summed E-state index contributed by atoms with van der Waals surface area (Å²) < 4.78 is 0. The summed E-state index contributed by atoms with van der Waals surface area (Å²) in [6.07, 6.45) is 0.936. The summed E-state index contributed by atoms with van der Waals surface area (Å²) in [6, 6.07) is 16.5. The van der Waals surface area contributed by atoms with Crippen molar-refractivity contribution in [1.29, 1.82) is 0 Å². The van der Waals surface area contributed by atoms with E-state index in [2.05, 4.69) is 25.1 Å². The van der Waals surface area contributed by atoms with E-state index in [0.29, 0.717) is 6.54 Å². The van der Waals surface area contributed by atoms with Gasteiger partial charge in [0.25, 0.3) is 0 Å². The number of likely N-dealkylation sites (N-methyl/N-ethyl adjacent to an activating group) is 1. The Labute approximate surface area is 175 Å². The van der Waals surface area contributed by atoms with Gasteiger partial charge in [0.2, 0.25) is 5.91 Å². The minimum Gasteiger partial charge on any atom is -0.405 e. The molecule has 0 bridgehead atoms. The van der Waals surface area contributed by atoms with Crippen molar-refractivity contribution in [1.82, 2.24) is 5.06 Å². The average molecular weight is 395 g/mol. The number of fused-ring (bicyclic) bond motifs is 4. The highest BCUT2D eigenvalue weighted by atomic mass is 16.7. The van der Waals surface area contributed by atoms with Crippen LogP contribution in [0.2, 0.25) is 0 Å². The SMILES string of the molecule is CC.CC.CCC1C2=C(ON1C)c1ccccc1CN(C(C)=O)c1ccccc12. The zero-order valence-electron chi connectivity index (χ0n) is 18.8. The molecule has 0 saturated heterocycles. The van der Waals surface area contributed by atoms with Crippen molar-refractivity contribution in [2.75, 3.05) is 11.9 Å². The van der Waals surface area contributed by atoms with Crippen molar-refractivity contribution in [3.8, 4) is 0 Å². The van der Waals surface area contributed by atoms with Crippen molar-refractivity contribution in [3.63, 3.8) is 0 Å². The number of nitrogens with zero attached hydrogens (tertiary/aromatic N) is 2. The van der Waals surface area contributed by atoms with E-state index in [0.717, 1.165) is 34.6 Å². The van der Waals surface area contributed by atoms with Gasteiger partial charge in [-0.25, -0.2) is 0 Å². The molecule has 4 nitrogen and oxygen atoms in total. The molecular weight excluding hydrogens is 360 g/mol. The number of anilines is 1. The van der Waals surface area contributed by atoms with Crippen molar-refractivity contribution in [3.05, 3.63) is 65.2 Å². The number of para-hydroxylation sites is 1. The maximum Gasteiger partial charge on any atom is 0.224 e. The third kappa shape index (κ3) is 4.23. The summed E-state index contributed by atoms with van der Waals surface area (Å²) in [5.41, 5.74) is 5.37. The van der Waals surface area contributed by atoms with Crippen LogP contribution in [0.3, 0.4) is 0 Å². The fourth-order valence-corrected chi connectivity index (χ4v) is 3.90. The molecule has 0 N–H and O–H groups in total. The zero-order valence-corrected chi connectivity index (χ0v) is 18.8. The lowest BCUT2D eigenvalue weighted by atomic mass is 9.89. The van der Waals surface area contributed by atoms with Gasteiger partial charge < -0.3 is 9.74 Å². The molecule has 29 heavy (non-hydrogen) atoms. The lowest BCUT2D eigenvalue weighted by molar-refractivity contribution is -0.116. The largest absolute Gasteiger partial charge is 0.405 e. The van der Waals surface area contributed by atoms with E-state index in [9.17, 15) is 4.79 Å². The second-order valence-corrected chi connectivity index (χ2v) is 6.58. The molecule has 0 fully saturated rings. The van der Waals surface area contributed by atoms with Crippen LogP contribution in [0.1, 0.15) is 64.7 Å². The van der Waals surface area contributed by atoms with Crippen LogP contribution in [0, 0.1) is 0 Å². The first-order valence-electron chi connectivity index (χ1n) is 10.7. The highest BCUT2D eigenvalue weighted by Gasteiger charge is 2.37. The molecule has 0 radical (unpaired) electrons. The molecule has 0 aliphatic carbocycles. The molecule has 4 heteroatoms. The third-order valence-electron chi connectivity index (χ3n) is 5.09. The van der Waals surface area contributed by atoms with Crippen LogP contribution in [0.25, 0.3) is 11.3 Å². The van der Waals surface area contributed by atoms with Crippen LogP contribution < -0.4 is 4.90 Å². The molecule has 2 aromatic carbocycles. The van der Waals surface area contributed by atoms with Crippen LogP contribution in [0.15, 0.2) is 48.5 Å². The van der Waals surface area contributed by atoms with Crippen molar-refractivity contribution in [2.24, 2.45) is 0 Å². The predicted octanol–water partition coefficient (Wildman–Crippen LogP) is 6.13. The lowest BCUT2D eigenvalue weighted by Gasteiger charge is -2.28. The molecule has 156 valence electrons. The second-order valence-electron chi connectivity index (χ2n) is 6.58. The number of hydroxylamine groups is 2. The molecule has 2 aromatic rings. The number of carbonyl (C=O) groups is 1. The van der Waals surface area contributed by atoms with Crippen LogP contribution in [0.4, 0.5) is 5.69 Å². The maximum absolute atomic E-state index is 12.4. The Hall–Kier alpha value is -2.59. The van der Waals surface area contributed by atoms with E-state index < -0.39 is 0 Å². The molecule has 1 atom stereocenters. The molecule has 2 aliphatic heterocycles. The first kappa shape index (κ1) is 22.7. The molecule has 1 amide bonds. The monoisotopic (exact) mass is 394 g/mol. The Morgan fingerprint density at radius 1 is 1.00 bits per heavy atom. The Balaban J connectivity index is 0.000000707. The Morgan fingerprint density at radius 3 is 2.21 bits per heavy atom. The number of rotatable bonds is 1. The Morgan fingerprint density at radius 2 is 1.59 bits per heavy atom. The fraction of sp³-hybridized carbons (Fsp3) is 0.400. The highest BCUT2D eigenvalue weighted by Crippen LogP contribution is 2.45. The van der Waals surface area contributed by atoms with Crippen LogP contribution >= 0.6 is 0 Å². The van der Waals surface area contributed by atoms with E-state index in [1.807, 2.05) is 75.0 Å². The summed E-state index contributed by atoms with van der Waals surface area (Å²) in [7, 11) is 1.98. The smallest absolute Gasteiger partial charge is 0.224 e. The molecular formula is C25H34N2O2. The van der Waals surface area contributed by atoms with Crippen molar-refractivity contribution in [2.45, 2.75) is 60.5 Å². The van der Waals surface area contributed by atoms with Gasteiger partial charge in [0.05, 0.1) is 18.3 Å². The topological polar surface area (TPSA) is 32.8 Å². The standard InChI is InChI=1S/C21H22N2O2.2C2H6/c1-4-18-20-17-11-7-8-12-19(17)23(14(2)24)13-15-9-5-6-10-16(15)21(20)25-22(18)3;2*1-2/h5-12,18H,4,13H2,1-3H3;2*1-2H3. The predicted molar refractivity (Wildman–Crippen MR) is 122 cm³/mol. The zero-order chi connectivity index (χ0) is 21.6. The van der Waals surface area contributed by atoms with Gasteiger partial charge in [-0.2, -0.15) is 0 Å². The molecule has 0 aromatic heterocycles. The minimum absolute atomic E-state index is 0.0478. The quantitative estimate of drug-likeness (QED) is 0.583. The van der Waals surface area contributed by atoms with E-state index >= 15 is 0 Å². The van der Waals surface area contributed by atoms with Gasteiger partial charge in [-0.3, -0.25) is 4.79 Å². The van der Waals surface area contributed by atoms with Gasteiger partial charge in [-0.1, -0.05) is 77.1 Å². The molecule has 1 unspecified atom stereocenters. The van der Waals surface area contributed by atoms with Gasteiger partial charge in [0.15, 0.2) is 5.76 Å². The van der Waals surface area contributed by atoms with Gasteiger partial charge in [-0.05, 0) is 18.1 Å². The summed E-state index contributed by atoms with van der Waals surface area (Å²) in [4.78, 5) is 20.5. The normalized spacial score (nSPS) is 17.2. The number of benzene rings is 2. The minimum atomic E-state index is 0.0478. The molecule has 2 aliphatic rings.